The van der Waals surface area contributed by atoms with Gasteiger partial charge in [-0.2, -0.15) is 0 Å². The number of anilines is 1. The predicted octanol–water partition coefficient (Wildman–Crippen LogP) is 5.89. The van der Waals surface area contributed by atoms with Crippen LogP contribution in [0.4, 0.5) is 19.0 Å². The summed E-state index contributed by atoms with van der Waals surface area (Å²) in [6.07, 6.45) is -0.364. The Balaban J connectivity index is 1.79. The van der Waals surface area contributed by atoms with Crippen LogP contribution in [0.1, 0.15) is 23.7 Å². The number of benzene rings is 1. The van der Waals surface area contributed by atoms with Crippen LogP contribution in [-0.2, 0) is 19.4 Å². The first-order valence-corrected chi connectivity index (χ1v) is 10.2. The molecule has 0 bridgehead atoms. The van der Waals surface area contributed by atoms with Gasteiger partial charge in [-0.05, 0) is 42.2 Å². The highest BCUT2D eigenvalue weighted by Crippen LogP contribution is 2.28. The van der Waals surface area contributed by atoms with E-state index in [-0.39, 0.29) is 5.75 Å². The summed E-state index contributed by atoms with van der Waals surface area (Å²) < 4.78 is 41.0. The Morgan fingerprint density at radius 2 is 1.68 bits per heavy atom. The Labute approximate surface area is 187 Å². The first kappa shape index (κ1) is 23.1. The van der Waals surface area contributed by atoms with E-state index < -0.39 is 6.36 Å². The molecule has 31 heavy (non-hydrogen) atoms. The summed E-state index contributed by atoms with van der Waals surface area (Å²) in [6.45, 7) is 2.94. The van der Waals surface area contributed by atoms with Crippen molar-refractivity contribution in [3.63, 3.8) is 0 Å². The van der Waals surface area contributed by atoms with E-state index in [0.717, 1.165) is 16.8 Å². The number of hydrogen-bond acceptors (Lipinski definition) is 5. The van der Waals surface area contributed by atoms with Crippen LogP contribution >= 0.6 is 23.2 Å². The number of nitrogens with zero attached hydrogens (tertiary/aromatic N) is 4. The number of halogens is 5. The van der Waals surface area contributed by atoms with Crippen LogP contribution in [0.5, 0.6) is 5.75 Å². The van der Waals surface area contributed by atoms with Gasteiger partial charge in [0.2, 0.25) is 0 Å². The predicted molar refractivity (Wildman–Crippen MR) is 114 cm³/mol. The topological polar surface area (TPSA) is 51.1 Å². The van der Waals surface area contributed by atoms with Crippen LogP contribution in [0, 0.1) is 0 Å². The minimum atomic E-state index is -4.72. The number of alkyl halides is 3. The SMILES string of the molecule is CCc1ncnc(N(CCc2ccc(OC(F)(F)F)cc2)Cc2ccc(Cl)nc2)c1Cl. The molecule has 2 heterocycles. The fourth-order valence-electron chi connectivity index (χ4n) is 2.96. The summed E-state index contributed by atoms with van der Waals surface area (Å²) in [7, 11) is 0. The number of ether oxygens (including phenoxy) is 1. The molecule has 0 spiro atoms. The highest BCUT2D eigenvalue weighted by molar-refractivity contribution is 6.33. The number of rotatable bonds is 8. The van der Waals surface area contributed by atoms with E-state index in [0.29, 0.717) is 41.9 Å². The van der Waals surface area contributed by atoms with E-state index in [1.165, 1.54) is 18.5 Å². The van der Waals surface area contributed by atoms with E-state index in [2.05, 4.69) is 19.7 Å². The molecule has 3 rings (SSSR count). The first-order chi connectivity index (χ1) is 14.7. The molecule has 0 aliphatic rings. The van der Waals surface area contributed by atoms with Crippen LogP contribution in [0.25, 0.3) is 0 Å². The second kappa shape index (κ2) is 10.2. The zero-order chi connectivity index (χ0) is 22.4. The molecule has 0 saturated carbocycles. The highest BCUT2D eigenvalue weighted by Gasteiger charge is 2.31. The van der Waals surface area contributed by atoms with Gasteiger partial charge in [0.25, 0.3) is 0 Å². The maximum Gasteiger partial charge on any atom is 0.573 e. The zero-order valence-electron chi connectivity index (χ0n) is 16.5. The molecule has 5 nitrogen and oxygen atoms in total. The Bertz CT molecular complexity index is 999. The summed E-state index contributed by atoms with van der Waals surface area (Å²) in [4.78, 5) is 14.7. The molecule has 10 heteroatoms. The van der Waals surface area contributed by atoms with Gasteiger partial charge in [-0.3, -0.25) is 0 Å². The van der Waals surface area contributed by atoms with E-state index in [1.54, 1.807) is 24.4 Å². The zero-order valence-corrected chi connectivity index (χ0v) is 18.0. The molecule has 2 aromatic heterocycles. The van der Waals surface area contributed by atoms with Gasteiger partial charge in [-0.15, -0.1) is 13.2 Å². The van der Waals surface area contributed by atoms with E-state index >= 15 is 0 Å². The van der Waals surface area contributed by atoms with Gasteiger partial charge < -0.3 is 9.64 Å². The van der Waals surface area contributed by atoms with Crippen molar-refractivity contribution in [1.82, 2.24) is 15.0 Å². The van der Waals surface area contributed by atoms with Crippen LogP contribution in [-0.4, -0.2) is 27.9 Å². The number of pyridine rings is 1. The van der Waals surface area contributed by atoms with Gasteiger partial charge in [-0.1, -0.05) is 48.3 Å². The molecular formula is C21H19Cl2F3N4O. The highest BCUT2D eigenvalue weighted by atomic mass is 35.5. The lowest BCUT2D eigenvalue weighted by Crippen LogP contribution is -2.27. The van der Waals surface area contributed by atoms with Gasteiger partial charge >= 0.3 is 6.36 Å². The fourth-order valence-corrected chi connectivity index (χ4v) is 3.43. The largest absolute Gasteiger partial charge is 0.573 e. The minimum Gasteiger partial charge on any atom is -0.406 e. The second-order valence-corrected chi connectivity index (χ2v) is 7.43. The second-order valence-electron chi connectivity index (χ2n) is 6.66. The lowest BCUT2D eigenvalue weighted by atomic mass is 10.1. The first-order valence-electron chi connectivity index (χ1n) is 9.44. The normalized spacial score (nSPS) is 11.4. The van der Waals surface area contributed by atoms with Crippen molar-refractivity contribution in [1.29, 1.82) is 0 Å². The van der Waals surface area contributed by atoms with Crippen molar-refractivity contribution in [2.45, 2.75) is 32.7 Å². The van der Waals surface area contributed by atoms with Crippen molar-refractivity contribution < 1.29 is 17.9 Å². The lowest BCUT2D eigenvalue weighted by Gasteiger charge is -2.25. The van der Waals surface area contributed by atoms with Crippen molar-refractivity contribution >= 4 is 29.0 Å². The molecule has 0 radical (unpaired) electrons. The van der Waals surface area contributed by atoms with Gasteiger partial charge in [0.1, 0.15) is 22.3 Å². The summed E-state index contributed by atoms with van der Waals surface area (Å²) in [6, 6.07) is 9.35. The van der Waals surface area contributed by atoms with Crippen molar-refractivity contribution in [3.8, 4) is 5.75 Å². The molecular weight excluding hydrogens is 452 g/mol. The van der Waals surface area contributed by atoms with Crippen LogP contribution in [0.2, 0.25) is 10.2 Å². The van der Waals surface area contributed by atoms with Gasteiger partial charge in [-0.25, -0.2) is 15.0 Å². The van der Waals surface area contributed by atoms with Gasteiger partial charge in [0, 0.05) is 19.3 Å². The van der Waals surface area contributed by atoms with E-state index in [9.17, 15) is 13.2 Å². The van der Waals surface area contributed by atoms with Crippen LogP contribution in [0.3, 0.4) is 0 Å². The fraction of sp³-hybridized carbons (Fsp3) is 0.286. The standard InChI is InChI=1S/C21H19Cl2F3N4O/c1-2-17-19(23)20(29-13-28-17)30(12-15-5-8-18(22)27-11-15)10-9-14-3-6-16(7-4-14)31-21(24,25)26/h3-8,11,13H,2,9-10,12H2,1H3. The number of aromatic nitrogens is 3. The van der Waals surface area contributed by atoms with E-state index in [4.69, 9.17) is 23.2 Å². The molecule has 0 amide bonds. The molecule has 0 unspecified atom stereocenters. The lowest BCUT2D eigenvalue weighted by molar-refractivity contribution is -0.274. The molecule has 164 valence electrons. The van der Waals surface area contributed by atoms with Crippen molar-refractivity contribution in [2.75, 3.05) is 11.4 Å². The van der Waals surface area contributed by atoms with Crippen LogP contribution < -0.4 is 9.64 Å². The van der Waals surface area contributed by atoms with Gasteiger partial charge in [0.15, 0.2) is 5.82 Å². The monoisotopic (exact) mass is 470 g/mol. The van der Waals surface area contributed by atoms with Crippen molar-refractivity contribution in [3.05, 3.63) is 75.9 Å². The Hall–Kier alpha value is -2.58. The molecule has 0 fully saturated rings. The van der Waals surface area contributed by atoms with Gasteiger partial charge in [0.05, 0.1) is 5.69 Å². The Morgan fingerprint density at radius 1 is 0.968 bits per heavy atom. The van der Waals surface area contributed by atoms with Crippen LogP contribution in [0.15, 0.2) is 48.9 Å². The average molecular weight is 471 g/mol. The molecule has 0 aliphatic heterocycles. The Kier molecular flexibility index (Phi) is 7.56. The Morgan fingerprint density at radius 3 is 2.29 bits per heavy atom. The third-order valence-corrected chi connectivity index (χ3v) is 5.08. The maximum atomic E-state index is 12.3. The summed E-state index contributed by atoms with van der Waals surface area (Å²) in [5.41, 5.74) is 2.49. The summed E-state index contributed by atoms with van der Waals surface area (Å²) in [5.74, 6) is 0.326. The molecule has 0 N–H and O–H groups in total. The molecule has 0 aliphatic carbocycles. The third-order valence-electron chi connectivity index (χ3n) is 4.47. The van der Waals surface area contributed by atoms with E-state index in [1.807, 2.05) is 17.9 Å². The summed E-state index contributed by atoms with van der Waals surface area (Å²) in [5, 5.41) is 0.866. The molecule has 1 aromatic carbocycles. The quantitative estimate of drug-likeness (QED) is 0.384. The number of hydrogen-bond donors (Lipinski definition) is 0. The third kappa shape index (κ3) is 6.70. The summed E-state index contributed by atoms with van der Waals surface area (Å²) >= 11 is 12.4. The minimum absolute atomic E-state index is 0.258. The molecule has 3 aromatic rings. The number of aryl methyl sites for hydroxylation is 1. The van der Waals surface area contributed by atoms with Crippen molar-refractivity contribution in [2.24, 2.45) is 0 Å². The molecule has 0 atom stereocenters. The maximum absolute atomic E-state index is 12.3. The smallest absolute Gasteiger partial charge is 0.406 e. The molecule has 0 saturated heterocycles. The average Bonchev–Trinajstić information content (AvgIpc) is 2.73.